The molecule has 1 aliphatic heterocycles. The third-order valence-electron chi connectivity index (χ3n) is 4.23. The van der Waals surface area contributed by atoms with E-state index in [0.29, 0.717) is 0 Å². The fourth-order valence-corrected chi connectivity index (χ4v) is 5.72. The van der Waals surface area contributed by atoms with E-state index in [2.05, 4.69) is 5.32 Å². The van der Waals surface area contributed by atoms with Crippen LogP contribution in [-0.4, -0.2) is 37.2 Å². The Labute approximate surface area is 106 Å². The maximum Gasteiger partial charge on any atom is 0.223 e. The van der Waals surface area contributed by atoms with Crippen LogP contribution in [0.4, 0.5) is 0 Å². The quantitative estimate of drug-likeness (QED) is 0.750. The summed E-state index contributed by atoms with van der Waals surface area (Å²) in [6, 6.07) is -0.397. The third-order valence-corrected chi connectivity index (χ3v) is 6.60. The van der Waals surface area contributed by atoms with E-state index < -0.39 is 21.3 Å². The highest BCUT2D eigenvalue weighted by Crippen LogP contribution is 2.54. The number of alkyl halides is 1. The number of halogens is 1. The lowest BCUT2D eigenvalue weighted by Gasteiger charge is -2.18. The predicted octanol–water partition coefficient (Wildman–Crippen LogP) is 0.553. The Morgan fingerprint density at radius 2 is 1.76 bits per heavy atom. The Hall–Kier alpha value is -0.290. The molecule has 17 heavy (non-hydrogen) atoms. The summed E-state index contributed by atoms with van der Waals surface area (Å²) < 4.78 is 22.8. The number of hydrogen-bond donors (Lipinski definition) is 1. The molecule has 0 bridgehead atoms. The van der Waals surface area contributed by atoms with E-state index in [0.717, 1.165) is 24.7 Å². The maximum absolute atomic E-state index is 12.0. The van der Waals surface area contributed by atoms with E-state index in [9.17, 15) is 13.2 Å². The van der Waals surface area contributed by atoms with Crippen molar-refractivity contribution in [3.05, 3.63) is 0 Å². The van der Waals surface area contributed by atoms with Gasteiger partial charge in [-0.15, -0.1) is 11.6 Å². The summed E-state index contributed by atoms with van der Waals surface area (Å²) in [5.74, 6) is 1.58. The number of carbonyl (C=O) groups is 1. The van der Waals surface area contributed by atoms with E-state index in [1.165, 1.54) is 6.42 Å². The van der Waals surface area contributed by atoms with Crippen LogP contribution in [0.3, 0.4) is 0 Å². The molecular formula is C11H16ClNO3S. The van der Waals surface area contributed by atoms with Gasteiger partial charge in [-0.25, -0.2) is 8.42 Å². The summed E-state index contributed by atoms with van der Waals surface area (Å²) in [4.78, 5) is 12.0. The molecule has 0 spiro atoms. The molecule has 96 valence electrons. The van der Waals surface area contributed by atoms with Crippen LogP contribution in [0.1, 0.15) is 19.3 Å². The zero-order valence-electron chi connectivity index (χ0n) is 9.43. The second-order valence-corrected chi connectivity index (χ2v) is 8.35. The fourth-order valence-electron chi connectivity index (χ4n) is 3.17. The van der Waals surface area contributed by atoms with Crippen molar-refractivity contribution in [1.82, 2.24) is 5.32 Å². The zero-order valence-corrected chi connectivity index (χ0v) is 11.0. The van der Waals surface area contributed by atoms with Gasteiger partial charge < -0.3 is 5.32 Å². The van der Waals surface area contributed by atoms with Gasteiger partial charge in [0.1, 0.15) is 0 Å². The summed E-state index contributed by atoms with van der Waals surface area (Å²) in [7, 11) is -3.06. The molecule has 0 radical (unpaired) electrons. The van der Waals surface area contributed by atoms with E-state index in [1.54, 1.807) is 0 Å². The molecule has 1 amide bonds. The van der Waals surface area contributed by atoms with Crippen LogP contribution in [0.2, 0.25) is 0 Å². The van der Waals surface area contributed by atoms with Gasteiger partial charge in [0.05, 0.1) is 22.9 Å². The predicted molar refractivity (Wildman–Crippen MR) is 64.5 cm³/mol. The fraction of sp³-hybridized carbons (Fsp3) is 0.909. The Bertz CT molecular complexity index is 440. The third kappa shape index (κ3) is 2.32. The summed E-state index contributed by atoms with van der Waals surface area (Å²) in [5, 5.41) is 2.34. The first-order valence-electron chi connectivity index (χ1n) is 6.09. The molecular weight excluding hydrogens is 262 g/mol. The number of hydrogen-bond acceptors (Lipinski definition) is 3. The van der Waals surface area contributed by atoms with Crippen molar-refractivity contribution in [2.45, 2.75) is 30.7 Å². The molecule has 1 saturated heterocycles. The molecule has 4 atom stereocenters. The van der Waals surface area contributed by atoms with Crippen LogP contribution in [-0.2, 0) is 14.6 Å². The maximum atomic E-state index is 12.0. The van der Waals surface area contributed by atoms with Gasteiger partial charge in [0.2, 0.25) is 5.91 Å². The van der Waals surface area contributed by atoms with Crippen molar-refractivity contribution >= 4 is 27.3 Å². The topological polar surface area (TPSA) is 63.2 Å². The summed E-state index contributed by atoms with van der Waals surface area (Å²) in [5.41, 5.74) is 0. The molecule has 0 aromatic heterocycles. The largest absolute Gasteiger partial charge is 0.351 e. The smallest absolute Gasteiger partial charge is 0.223 e. The van der Waals surface area contributed by atoms with Crippen LogP contribution in [0.25, 0.3) is 0 Å². The minimum Gasteiger partial charge on any atom is -0.351 e. The van der Waals surface area contributed by atoms with E-state index >= 15 is 0 Å². The first-order chi connectivity index (χ1) is 7.94. The normalized spacial score (nSPS) is 46.5. The Morgan fingerprint density at radius 3 is 2.29 bits per heavy atom. The highest BCUT2D eigenvalue weighted by molar-refractivity contribution is 7.91. The Balaban J connectivity index is 1.58. The molecule has 6 heteroatoms. The van der Waals surface area contributed by atoms with Crippen molar-refractivity contribution in [3.8, 4) is 0 Å². The minimum atomic E-state index is -3.06. The lowest BCUT2D eigenvalue weighted by molar-refractivity contribution is -0.125. The van der Waals surface area contributed by atoms with Crippen molar-refractivity contribution in [1.29, 1.82) is 0 Å². The van der Waals surface area contributed by atoms with Gasteiger partial charge in [-0.05, 0) is 31.1 Å². The molecule has 1 heterocycles. The molecule has 3 aliphatic rings. The van der Waals surface area contributed by atoms with Gasteiger partial charge in [0.25, 0.3) is 0 Å². The van der Waals surface area contributed by atoms with Crippen LogP contribution in [0.15, 0.2) is 0 Å². The number of sulfone groups is 1. The second kappa shape index (κ2) is 3.85. The summed E-state index contributed by atoms with van der Waals surface area (Å²) >= 11 is 5.96. The number of amides is 1. The average molecular weight is 278 g/mol. The Morgan fingerprint density at radius 1 is 1.12 bits per heavy atom. The number of fused-ring (bicyclic) bond motifs is 1. The van der Waals surface area contributed by atoms with Crippen LogP contribution >= 0.6 is 11.6 Å². The second-order valence-electron chi connectivity index (χ2n) is 5.63. The molecule has 0 aromatic rings. The van der Waals surface area contributed by atoms with Gasteiger partial charge in [-0.1, -0.05) is 0 Å². The molecule has 3 fully saturated rings. The monoisotopic (exact) mass is 277 g/mol. The average Bonchev–Trinajstić information content (AvgIpc) is 2.73. The van der Waals surface area contributed by atoms with Crippen LogP contribution in [0.5, 0.6) is 0 Å². The van der Waals surface area contributed by atoms with Crippen LogP contribution < -0.4 is 5.32 Å². The number of nitrogens with one attached hydrogen (secondary N) is 1. The molecule has 2 aliphatic carbocycles. The standard InChI is InChI=1S/C11H16ClNO3S/c12-9-4-17(15,16)5-10(9)13-11(14)8-2-6-1-7(6)3-8/h6-10H,1-5H2,(H,13,14). The van der Waals surface area contributed by atoms with Gasteiger partial charge in [-0.3, -0.25) is 4.79 Å². The molecule has 3 rings (SSSR count). The van der Waals surface area contributed by atoms with Gasteiger partial charge >= 0.3 is 0 Å². The van der Waals surface area contributed by atoms with E-state index in [1.807, 2.05) is 0 Å². The zero-order chi connectivity index (χ0) is 12.2. The lowest BCUT2D eigenvalue weighted by Crippen LogP contribution is -2.43. The van der Waals surface area contributed by atoms with Crippen molar-refractivity contribution in [2.24, 2.45) is 17.8 Å². The van der Waals surface area contributed by atoms with E-state index in [4.69, 9.17) is 11.6 Å². The van der Waals surface area contributed by atoms with Crippen molar-refractivity contribution in [3.63, 3.8) is 0 Å². The first kappa shape index (κ1) is 11.8. The van der Waals surface area contributed by atoms with Crippen LogP contribution in [0, 0.1) is 17.8 Å². The van der Waals surface area contributed by atoms with Crippen molar-refractivity contribution < 1.29 is 13.2 Å². The molecule has 0 aromatic carbocycles. The molecule has 1 N–H and O–H groups in total. The van der Waals surface area contributed by atoms with E-state index in [-0.39, 0.29) is 23.3 Å². The Kier molecular flexibility index (Phi) is 2.67. The van der Waals surface area contributed by atoms with Gasteiger partial charge in [0.15, 0.2) is 9.84 Å². The highest BCUT2D eigenvalue weighted by atomic mass is 35.5. The summed E-state index contributed by atoms with van der Waals surface area (Å²) in [6.07, 6.45) is 3.23. The van der Waals surface area contributed by atoms with Gasteiger partial charge in [0, 0.05) is 5.92 Å². The van der Waals surface area contributed by atoms with Gasteiger partial charge in [-0.2, -0.15) is 0 Å². The first-order valence-corrected chi connectivity index (χ1v) is 8.35. The minimum absolute atomic E-state index is 0.00458. The number of carbonyl (C=O) groups excluding carboxylic acids is 1. The molecule has 2 saturated carbocycles. The lowest BCUT2D eigenvalue weighted by atomic mass is 10.0. The summed E-state index contributed by atoms with van der Waals surface area (Å²) in [6.45, 7) is 0. The molecule has 4 unspecified atom stereocenters. The molecule has 4 nitrogen and oxygen atoms in total. The van der Waals surface area contributed by atoms with Crippen molar-refractivity contribution in [2.75, 3.05) is 11.5 Å². The number of rotatable bonds is 2. The SMILES string of the molecule is O=C(NC1CS(=O)(=O)CC1Cl)C1CC2CC2C1. The highest BCUT2D eigenvalue weighted by Gasteiger charge is 2.48.